The Morgan fingerprint density at radius 3 is 2.88 bits per heavy atom. The van der Waals surface area contributed by atoms with Crippen LogP contribution in [0.1, 0.15) is 18.1 Å². The van der Waals surface area contributed by atoms with Crippen molar-refractivity contribution >= 4 is 39.0 Å². The molecular weight excluding hydrogens is 485 g/mol. The summed E-state index contributed by atoms with van der Waals surface area (Å²) < 4.78 is 55.1. The molecule has 0 saturated carbocycles. The zero-order valence-corrected chi connectivity index (χ0v) is 20.1. The van der Waals surface area contributed by atoms with E-state index < -0.39 is 15.8 Å². The van der Waals surface area contributed by atoms with Crippen LogP contribution in [0.2, 0.25) is 5.02 Å². The maximum atomic E-state index is 14.3. The van der Waals surface area contributed by atoms with Crippen LogP contribution in [0.3, 0.4) is 0 Å². The van der Waals surface area contributed by atoms with Gasteiger partial charge in [0.1, 0.15) is 24.8 Å². The first-order valence-electron chi connectivity index (χ1n) is 10.4. The Hall–Kier alpha value is -3.08. The SMILES string of the molecule is C/C(=C\c1ccc2c(c1)N(S(=O)(=O)c1cn(C)nc1OCCO)CCO2)c1c(F)cccc1Cl. The predicted molar refractivity (Wildman–Crippen MR) is 127 cm³/mol. The first kappa shape index (κ1) is 24.1. The molecule has 4 rings (SSSR count). The number of benzene rings is 2. The molecule has 0 bridgehead atoms. The lowest BCUT2D eigenvalue weighted by molar-refractivity contribution is 0.193. The predicted octanol–water partition coefficient (Wildman–Crippen LogP) is 3.73. The molecule has 0 radical (unpaired) electrons. The maximum absolute atomic E-state index is 14.3. The van der Waals surface area contributed by atoms with Gasteiger partial charge in [-0.3, -0.25) is 8.99 Å². The first-order valence-corrected chi connectivity index (χ1v) is 12.2. The molecule has 1 aliphatic rings. The fourth-order valence-corrected chi connectivity index (χ4v) is 5.60. The molecule has 0 spiro atoms. The van der Waals surface area contributed by atoms with Crippen molar-refractivity contribution in [2.45, 2.75) is 11.8 Å². The van der Waals surface area contributed by atoms with Crippen LogP contribution >= 0.6 is 11.6 Å². The van der Waals surface area contributed by atoms with Crippen molar-refractivity contribution in [3.05, 3.63) is 64.6 Å². The summed E-state index contributed by atoms with van der Waals surface area (Å²) in [5, 5.41) is 13.4. The average molecular weight is 508 g/mol. The molecule has 0 unspecified atom stereocenters. The van der Waals surface area contributed by atoms with Crippen LogP contribution in [0.4, 0.5) is 10.1 Å². The molecule has 1 aromatic heterocycles. The standard InChI is InChI=1S/C23H23ClFN3O5S/c1-15(22-17(24)4-3-5-18(22)25)12-16-6-7-20-19(13-16)28(8-10-32-20)34(30,31)21-14-27(2)26-23(21)33-11-9-29/h3-7,12-14,29H,8-11H2,1-2H3/b15-12+. The van der Waals surface area contributed by atoms with E-state index in [9.17, 15) is 12.8 Å². The smallest absolute Gasteiger partial charge is 0.271 e. The molecule has 3 aromatic rings. The van der Waals surface area contributed by atoms with Crippen LogP contribution in [0, 0.1) is 5.82 Å². The third-order valence-electron chi connectivity index (χ3n) is 5.21. The van der Waals surface area contributed by atoms with E-state index in [1.807, 2.05) is 0 Å². The number of sulfonamides is 1. The third kappa shape index (κ3) is 4.61. The number of halogens is 2. The molecule has 0 aliphatic carbocycles. The summed E-state index contributed by atoms with van der Waals surface area (Å²) in [6.45, 7) is 1.60. The fraction of sp³-hybridized carbons (Fsp3) is 0.261. The summed E-state index contributed by atoms with van der Waals surface area (Å²) in [6.07, 6.45) is 3.08. The molecule has 1 aliphatic heterocycles. The van der Waals surface area contributed by atoms with Crippen molar-refractivity contribution in [3.63, 3.8) is 0 Å². The van der Waals surface area contributed by atoms with Gasteiger partial charge in [0.15, 0.2) is 4.90 Å². The van der Waals surface area contributed by atoms with E-state index in [-0.39, 0.29) is 47.7 Å². The Balaban J connectivity index is 1.75. The van der Waals surface area contributed by atoms with Gasteiger partial charge < -0.3 is 14.6 Å². The van der Waals surface area contributed by atoms with Gasteiger partial charge in [-0.2, -0.15) is 0 Å². The number of anilines is 1. The number of aliphatic hydroxyl groups is 1. The number of allylic oxidation sites excluding steroid dienone is 1. The highest BCUT2D eigenvalue weighted by Crippen LogP contribution is 2.38. The second-order valence-corrected chi connectivity index (χ2v) is 9.86. The topological polar surface area (TPSA) is 93.9 Å². The van der Waals surface area contributed by atoms with E-state index in [0.29, 0.717) is 22.6 Å². The minimum Gasteiger partial charge on any atom is -0.489 e. The summed E-state index contributed by atoms with van der Waals surface area (Å²) in [5.74, 6) is -0.139. The van der Waals surface area contributed by atoms with Gasteiger partial charge in [-0.1, -0.05) is 29.8 Å². The largest absolute Gasteiger partial charge is 0.489 e. The number of aryl methyl sites for hydroxylation is 1. The molecule has 2 aromatic carbocycles. The highest BCUT2D eigenvalue weighted by atomic mass is 35.5. The molecule has 8 nitrogen and oxygen atoms in total. The summed E-state index contributed by atoms with van der Waals surface area (Å²) in [5.41, 5.74) is 1.85. The number of hydrogen-bond donors (Lipinski definition) is 1. The van der Waals surface area contributed by atoms with Crippen LogP contribution < -0.4 is 13.8 Å². The Kier molecular flexibility index (Phi) is 6.83. The molecule has 0 atom stereocenters. The monoisotopic (exact) mass is 507 g/mol. The van der Waals surface area contributed by atoms with Crippen molar-refractivity contribution in [2.24, 2.45) is 7.05 Å². The fourth-order valence-electron chi connectivity index (χ4n) is 3.73. The molecular formula is C23H23ClFN3O5S. The average Bonchev–Trinajstić information content (AvgIpc) is 3.18. The Labute approximate surface area is 201 Å². The highest BCUT2D eigenvalue weighted by molar-refractivity contribution is 7.93. The van der Waals surface area contributed by atoms with Gasteiger partial charge >= 0.3 is 0 Å². The van der Waals surface area contributed by atoms with Crippen molar-refractivity contribution in [1.29, 1.82) is 0 Å². The van der Waals surface area contributed by atoms with Crippen LogP contribution in [0.5, 0.6) is 11.6 Å². The van der Waals surface area contributed by atoms with Crippen LogP contribution in [0.25, 0.3) is 11.6 Å². The van der Waals surface area contributed by atoms with E-state index in [1.54, 1.807) is 44.3 Å². The normalized spacial score (nSPS) is 14.0. The van der Waals surface area contributed by atoms with Gasteiger partial charge in [-0.05, 0) is 42.3 Å². The Morgan fingerprint density at radius 1 is 1.35 bits per heavy atom. The number of hydrogen-bond acceptors (Lipinski definition) is 6. The van der Waals surface area contributed by atoms with Crippen molar-refractivity contribution in [3.8, 4) is 11.6 Å². The zero-order chi connectivity index (χ0) is 24.5. The van der Waals surface area contributed by atoms with E-state index in [1.165, 1.54) is 27.3 Å². The van der Waals surface area contributed by atoms with Crippen molar-refractivity contribution in [1.82, 2.24) is 9.78 Å². The number of ether oxygens (including phenoxy) is 2. The zero-order valence-electron chi connectivity index (χ0n) is 18.5. The lowest BCUT2D eigenvalue weighted by atomic mass is 10.0. The molecule has 0 saturated heterocycles. The van der Waals surface area contributed by atoms with E-state index in [0.717, 1.165) is 0 Å². The van der Waals surface area contributed by atoms with Gasteiger partial charge in [0, 0.05) is 18.8 Å². The Bertz CT molecular complexity index is 1340. The van der Waals surface area contributed by atoms with E-state index in [2.05, 4.69) is 5.10 Å². The number of rotatable bonds is 7. The molecule has 0 amide bonds. The summed E-state index contributed by atoms with van der Waals surface area (Å²) in [4.78, 5) is -0.119. The van der Waals surface area contributed by atoms with Gasteiger partial charge in [-0.25, -0.2) is 12.8 Å². The quantitative estimate of drug-likeness (QED) is 0.490. The van der Waals surface area contributed by atoms with Crippen LogP contribution in [-0.2, 0) is 17.1 Å². The maximum Gasteiger partial charge on any atom is 0.271 e. The molecule has 1 N–H and O–H groups in total. The minimum atomic E-state index is -4.06. The molecule has 34 heavy (non-hydrogen) atoms. The van der Waals surface area contributed by atoms with Gasteiger partial charge in [0.2, 0.25) is 0 Å². The molecule has 11 heteroatoms. The second kappa shape index (κ2) is 9.65. The number of nitrogens with zero attached hydrogens (tertiary/aromatic N) is 3. The summed E-state index contributed by atoms with van der Waals surface area (Å²) in [7, 11) is -2.48. The molecule has 180 valence electrons. The lowest BCUT2D eigenvalue weighted by Gasteiger charge is -2.30. The minimum absolute atomic E-state index is 0.0783. The van der Waals surface area contributed by atoms with E-state index >= 15 is 0 Å². The van der Waals surface area contributed by atoms with Crippen molar-refractivity contribution < 1.29 is 27.4 Å². The highest BCUT2D eigenvalue weighted by Gasteiger charge is 2.34. The number of fused-ring (bicyclic) bond motifs is 1. The third-order valence-corrected chi connectivity index (χ3v) is 7.32. The summed E-state index contributed by atoms with van der Waals surface area (Å²) >= 11 is 6.19. The summed E-state index contributed by atoms with van der Waals surface area (Å²) in [6, 6.07) is 9.56. The van der Waals surface area contributed by atoms with E-state index in [4.69, 9.17) is 26.2 Å². The lowest BCUT2D eigenvalue weighted by Crippen LogP contribution is -2.38. The second-order valence-electron chi connectivity index (χ2n) is 7.62. The van der Waals surface area contributed by atoms with Crippen LogP contribution in [0.15, 0.2) is 47.5 Å². The van der Waals surface area contributed by atoms with Crippen LogP contribution in [-0.4, -0.2) is 49.7 Å². The Morgan fingerprint density at radius 2 is 2.15 bits per heavy atom. The molecule has 2 heterocycles. The number of aliphatic hydroxyl groups excluding tert-OH is 1. The molecule has 0 fully saturated rings. The van der Waals surface area contributed by atoms with Gasteiger partial charge in [0.25, 0.3) is 15.9 Å². The first-order chi connectivity index (χ1) is 16.2. The van der Waals surface area contributed by atoms with Gasteiger partial charge in [-0.15, -0.1) is 5.10 Å². The van der Waals surface area contributed by atoms with Crippen molar-refractivity contribution in [2.75, 3.05) is 30.7 Å². The number of aromatic nitrogens is 2. The van der Waals surface area contributed by atoms with Gasteiger partial charge in [0.05, 0.1) is 23.9 Å².